The molecule has 18 heavy (non-hydrogen) atoms. The van der Waals surface area contributed by atoms with Gasteiger partial charge in [0.25, 0.3) is 0 Å². The number of halogens is 1. The molecule has 0 atom stereocenters. The van der Waals surface area contributed by atoms with E-state index in [1.165, 1.54) is 0 Å². The van der Waals surface area contributed by atoms with Gasteiger partial charge in [0.05, 0.1) is 0 Å². The summed E-state index contributed by atoms with van der Waals surface area (Å²) in [6, 6.07) is 5.72. The second-order valence-corrected chi connectivity index (χ2v) is 5.11. The molecule has 4 heteroatoms. The minimum atomic E-state index is -0.0414. The topological polar surface area (TPSA) is 34.9 Å². The number of imidazole rings is 1. The van der Waals surface area contributed by atoms with E-state index in [2.05, 4.69) is 27.8 Å². The minimum Gasteiger partial charge on any atom is -0.328 e. The Morgan fingerprint density at radius 1 is 1.44 bits per heavy atom. The molecule has 2 rings (SSSR count). The van der Waals surface area contributed by atoms with Crippen molar-refractivity contribution >= 4 is 21.7 Å². The number of aryl methyl sites for hydroxylation is 2. The van der Waals surface area contributed by atoms with E-state index in [0.29, 0.717) is 11.4 Å². The summed E-state index contributed by atoms with van der Waals surface area (Å²) < 4.78 is 2.72. The number of nitrogens with zero attached hydrogens (tertiary/aromatic N) is 2. The zero-order valence-corrected chi connectivity index (χ0v) is 12.1. The number of carbonyl (C=O) groups excluding carboxylic acids is 1. The van der Waals surface area contributed by atoms with Gasteiger partial charge < -0.3 is 4.57 Å². The Bertz CT molecular complexity index is 575. The fourth-order valence-corrected chi connectivity index (χ4v) is 2.54. The lowest BCUT2D eigenvalue weighted by Gasteiger charge is -2.07. The van der Waals surface area contributed by atoms with Crippen LogP contribution < -0.4 is 0 Å². The van der Waals surface area contributed by atoms with E-state index < -0.39 is 0 Å². The van der Waals surface area contributed by atoms with Gasteiger partial charge in [-0.15, -0.1) is 0 Å². The molecule has 1 aromatic heterocycles. The van der Waals surface area contributed by atoms with Gasteiger partial charge >= 0.3 is 0 Å². The fraction of sp³-hybridized carbons (Fsp3) is 0.286. The monoisotopic (exact) mass is 306 g/mol. The average molecular weight is 307 g/mol. The van der Waals surface area contributed by atoms with Crippen LogP contribution in [0.25, 0.3) is 0 Å². The summed E-state index contributed by atoms with van der Waals surface area (Å²) in [5, 5.41) is 0. The predicted octanol–water partition coefficient (Wildman–Crippen LogP) is 3.60. The molecule has 1 heterocycles. The molecule has 0 amide bonds. The van der Waals surface area contributed by atoms with Crippen LogP contribution in [0.15, 0.2) is 35.1 Å². The van der Waals surface area contributed by atoms with Crippen molar-refractivity contribution in [2.45, 2.75) is 26.8 Å². The Hall–Kier alpha value is -1.42. The maximum absolute atomic E-state index is 12.4. The smallest absolute Gasteiger partial charge is 0.229 e. The Balaban J connectivity index is 2.38. The van der Waals surface area contributed by atoms with E-state index in [4.69, 9.17) is 0 Å². The molecule has 0 aliphatic heterocycles. The number of rotatable bonds is 4. The highest BCUT2D eigenvalue weighted by Gasteiger charge is 2.17. The van der Waals surface area contributed by atoms with Crippen LogP contribution in [0.3, 0.4) is 0 Å². The van der Waals surface area contributed by atoms with Gasteiger partial charge in [-0.3, -0.25) is 4.79 Å². The number of ketones is 1. The van der Waals surface area contributed by atoms with Gasteiger partial charge in [-0.1, -0.05) is 28.9 Å². The Morgan fingerprint density at radius 3 is 2.89 bits per heavy atom. The van der Waals surface area contributed by atoms with E-state index in [1.807, 2.05) is 35.9 Å². The first-order chi connectivity index (χ1) is 8.63. The average Bonchev–Trinajstić information content (AvgIpc) is 2.77. The van der Waals surface area contributed by atoms with Crippen molar-refractivity contribution in [1.29, 1.82) is 0 Å². The molecular weight excluding hydrogens is 292 g/mol. The second-order valence-electron chi connectivity index (χ2n) is 4.26. The van der Waals surface area contributed by atoms with Gasteiger partial charge in [0.15, 0.2) is 5.82 Å². The highest BCUT2D eigenvalue weighted by atomic mass is 79.9. The van der Waals surface area contributed by atoms with Gasteiger partial charge in [0.1, 0.15) is 0 Å². The van der Waals surface area contributed by atoms with Gasteiger partial charge in [-0.05, 0) is 31.0 Å². The lowest BCUT2D eigenvalue weighted by atomic mass is 10.1. The molecule has 0 aliphatic rings. The van der Waals surface area contributed by atoms with Crippen molar-refractivity contribution in [3.05, 3.63) is 52.0 Å². The number of benzene rings is 1. The molecule has 0 bridgehead atoms. The quantitative estimate of drug-likeness (QED) is 0.809. The van der Waals surface area contributed by atoms with Crippen molar-refractivity contribution in [2.75, 3.05) is 0 Å². The molecule has 3 nitrogen and oxygen atoms in total. The molecule has 0 spiro atoms. The van der Waals surface area contributed by atoms with Crippen LogP contribution in [-0.2, 0) is 6.54 Å². The number of hydrogen-bond acceptors (Lipinski definition) is 2. The molecule has 1 aromatic carbocycles. The van der Waals surface area contributed by atoms with Gasteiger partial charge in [-0.25, -0.2) is 4.98 Å². The summed E-state index contributed by atoms with van der Waals surface area (Å²) in [6.07, 6.45) is 4.50. The molecule has 0 saturated carbocycles. The largest absolute Gasteiger partial charge is 0.328 e. The van der Waals surface area contributed by atoms with Crippen LogP contribution in [0, 0.1) is 6.92 Å². The Kier molecular flexibility index (Phi) is 3.97. The number of aromatic nitrogens is 2. The highest BCUT2D eigenvalue weighted by molar-refractivity contribution is 9.10. The lowest BCUT2D eigenvalue weighted by Crippen LogP contribution is -2.11. The molecule has 0 unspecified atom stereocenters. The van der Waals surface area contributed by atoms with E-state index in [1.54, 1.807) is 6.20 Å². The Morgan fingerprint density at radius 2 is 2.22 bits per heavy atom. The van der Waals surface area contributed by atoms with Crippen molar-refractivity contribution < 1.29 is 4.79 Å². The first kappa shape index (κ1) is 13.0. The molecule has 0 N–H and O–H groups in total. The standard InChI is InChI=1S/C14H15BrN2O/c1-3-7-17-8-6-16-14(17)13(18)11-5-4-10(2)9-12(11)15/h4-6,8-9H,3,7H2,1-2H3. The molecule has 0 radical (unpaired) electrons. The van der Waals surface area contributed by atoms with Gasteiger partial charge in [-0.2, -0.15) is 0 Å². The van der Waals surface area contributed by atoms with E-state index in [9.17, 15) is 4.79 Å². The maximum Gasteiger partial charge on any atom is 0.229 e. The molecule has 94 valence electrons. The van der Waals surface area contributed by atoms with Crippen LogP contribution >= 0.6 is 15.9 Å². The van der Waals surface area contributed by atoms with Crippen molar-refractivity contribution in [1.82, 2.24) is 9.55 Å². The van der Waals surface area contributed by atoms with Crippen LogP contribution in [0.5, 0.6) is 0 Å². The van der Waals surface area contributed by atoms with Gasteiger partial charge in [0.2, 0.25) is 5.78 Å². The summed E-state index contributed by atoms with van der Waals surface area (Å²) in [4.78, 5) is 16.6. The summed E-state index contributed by atoms with van der Waals surface area (Å²) in [7, 11) is 0. The normalized spacial score (nSPS) is 10.6. The van der Waals surface area contributed by atoms with Crippen molar-refractivity contribution in [3.63, 3.8) is 0 Å². The number of carbonyl (C=O) groups is 1. The van der Waals surface area contributed by atoms with Crippen molar-refractivity contribution in [3.8, 4) is 0 Å². The van der Waals surface area contributed by atoms with E-state index in [0.717, 1.165) is 23.0 Å². The SMILES string of the molecule is CCCn1ccnc1C(=O)c1ccc(C)cc1Br. The summed E-state index contributed by atoms with van der Waals surface area (Å²) >= 11 is 3.44. The first-order valence-electron chi connectivity index (χ1n) is 5.95. The minimum absolute atomic E-state index is 0.0414. The zero-order chi connectivity index (χ0) is 13.1. The van der Waals surface area contributed by atoms with Gasteiger partial charge in [0, 0.05) is 29.0 Å². The van der Waals surface area contributed by atoms with Crippen LogP contribution in [0.4, 0.5) is 0 Å². The fourth-order valence-electron chi connectivity index (χ4n) is 1.86. The van der Waals surface area contributed by atoms with Crippen molar-refractivity contribution in [2.24, 2.45) is 0 Å². The highest BCUT2D eigenvalue weighted by Crippen LogP contribution is 2.21. The maximum atomic E-state index is 12.4. The molecular formula is C14H15BrN2O. The van der Waals surface area contributed by atoms with E-state index in [-0.39, 0.29) is 5.78 Å². The van der Waals surface area contributed by atoms with Crippen LogP contribution in [-0.4, -0.2) is 15.3 Å². The third-order valence-electron chi connectivity index (χ3n) is 2.75. The lowest BCUT2D eigenvalue weighted by molar-refractivity contribution is 0.102. The zero-order valence-electron chi connectivity index (χ0n) is 10.5. The molecule has 0 fully saturated rings. The van der Waals surface area contributed by atoms with Crippen LogP contribution in [0.2, 0.25) is 0 Å². The summed E-state index contributed by atoms with van der Waals surface area (Å²) in [5.74, 6) is 0.460. The molecule has 0 saturated heterocycles. The summed E-state index contributed by atoms with van der Waals surface area (Å²) in [5.41, 5.74) is 1.78. The summed E-state index contributed by atoms with van der Waals surface area (Å²) in [6.45, 7) is 4.89. The molecule has 2 aromatic rings. The predicted molar refractivity (Wildman–Crippen MR) is 74.8 cm³/mol. The van der Waals surface area contributed by atoms with Crippen LogP contribution in [0.1, 0.15) is 35.1 Å². The molecule has 0 aliphatic carbocycles. The number of hydrogen-bond donors (Lipinski definition) is 0. The Labute approximate surface area is 115 Å². The first-order valence-corrected chi connectivity index (χ1v) is 6.74. The second kappa shape index (κ2) is 5.48. The third-order valence-corrected chi connectivity index (χ3v) is 3.41. The third kappa shape index (κ3) is 2.53. The van der Waals surface area contributed by atoms with E-state index >= 15 is 0 Å².